The molecule has 0 saturated carbocycles. The number of carbonyl (C=O) groups is 2. The van der Waals surface area contributed by atoms with E-state index in [9.17, 15) is 9.59 Å². The van der Waals surface area contributed by atoms with E-state index in [1.807, 2.05) is 18.2 Å². The number of piperazine rings is 1. The summed E-state index contributed by atoms with van der Waals surface area (Å²) in [4.78, 5) is 29.4. The minimum Gasteiger partial charge on any atom is -0.454 e. The van der Waals surface area contributed by atoms with Gasteiger partial charge in [-0.15, -0.1) is 0 Å². The molecule has 0 radical (unpaired) electrons. The number of nitrogens with zero attached hydrogens (tertiary/aromatic N) is 4. The minimum atomic E-state index is -0.298. The van der Waals surface area contributed by atoms with Crippen LogP contribution in [0.3, 0.4) is 0 Å². The Hall–Kier alpha value is -3.59. The molecule has 0 bridgehead atoms. The van der Waals surface area contributed by atoms with Gasteiger partial charge in [0.2, 0.25) is 6.79 Å². The fraction of sp³-hybridized carbons (Fsp3) is 0.444. The van der Waals surface area contributed by atoms with Gasteiger partial charge in [-0.1, -0.05) is 23.8 Å². The largest absolute Gasteiger partial charge is 0.454 e. The van der Waals surface area contributed by atoms with E-state index in [0.717, 1.165) is 28.0 Å². The smallest absolute Gasteiger partial charge is 0.409 e. The number of hydrogen-bond acceptors (Lipinski definition) is 7. The van der Waals surface area contributed by atoms with Crippen LogP contribution < -0.4 is 9.47 Å². The number of carbonyl (C=O) groups excluding carboxylic acids is 2. The molecule has 2 amide bonds. The van der Waals surface area contributed by atoms with Gasteiger partial charge in [0.05, 0.1) is 24.9 Å². The van der Waals surface area contributed by atoms with Gasteiger partial charge in [-0.2, -0.15) is 5.10 Å². The van der Waals surface area contributed by atoms with Crippen LogP contribution in [0.2, 0.25) is 0 Å². The molecule has 9 heteroatoms. The number of hydrazone groups is 1. The SMILES string of the molecule is CCOC(=O)N1CCN(CC(=O)N2N=C(c3cc(C)ccc3C)CC2c2ccc3c(c2)OCO3)CC1. The Labute approximate surface area is 211 Å². The van der Waals surface area contributed by atoms with Crippen molar-refractivity contribution in [1.82, 2.24) is 14.8 Å². The Kier molecular flexibility index (Phi) is 6.82. The van der Waals surface area contributed by atoms with Crippen LogP contribution in [-0.4, -0.2) is 78.6 Å². The van der Waals surface area contributed by atoms with Crippen LogP contribution >= 0.6 is 0 Å². The van der Waals surface area contributed by atoms with Crippen molar-refractivity contribution in [3.05, 3.63) is 58.7 Å². The van der Waals surface area contributed by atoms with Gasteiger partial charge < -0.3 is 19.1 Å². The molecule has 3 heterocycles. The van der Waals surface area contributed by atoms with Crippen molar-refractivity contribution >= 4 is 17.7 Å². The molecule has 3 aliphatic heterocycles. The molecule has 1 fully saturated rings. The molecule has 0 aliphatic carbocycles. The molecule has 2 aromatic carbocycles. The third-order valence-corrected chi connectivity index (χ3v) is 6.91. The van der Waals surface area contributed by atoms with E-state index in [1.165, 1.54) is 0 Å². The van der Waals surface area contributed by atoms with E-state index >= 15 is 0 Å². The molecular weight excluding hydrogens is 460 g/mol. The monoisotopic (exact) mass is 492 g/mol. The lowest BCUT2D eigenvalue weighted by atomic mass is 9.95. The van der Waals surface area contributed by atoms with Crippen molar-refractivity contribution < 1.29 is 23.8 Å². The van der Waals surface area contributed by atoms with Crippen molar-refractivity contribution in [2.75, 3.05) is 46.1 Å². The second-order valence-electron chi connectivity index (χ2n) is 9.40. The summed E-state index contributed by atoms with van der Waals surface area (Å²) in [6.45, 7) is 9.02. The molecule has 1 saturated heterocycles. The Balaban J connectivity index is 1.36. The third-order valence-electron chi connectivity index (χ3n) is 6.91. The second-order valence-corrected chi connectivity index (χ2v) is 9.40. The number of amides is 2. The Morgan fingerprint density at radius 1 is 1.03 bits per heavy atom. The number of fused-ring (bicyclic) bond motifs is 1. The van der Waals surface area contributed by atoms with E-state index in [2.05, 4.69) is 36.9 Å². The Morgan fingerprint density at radius 3 is 2.58 bits per heavy atom. The van der Waals surface area contributed by atoms with Crippen LogP contribution in [-0.2, 0) is 9.53 Å². The average molecular weight is 493 g/mol. The van der Waals surface area contributed by atoms with Gasteiger partial charge in [0, 0.05) is 38.2 Å². The molecule has 1 unspecified atom stereocenters. The topological polar surface area (TPSA) is 83.9 Å². The van der Waals surface area contributed by atoms with Crippen molar-refractivity contribution in [1.29, 1.82) is 0 Å². The van der Waals surface area contributed by atoms with Gasteiger partial charge in [-0.3, -0.25) is 9.69 Å². The standard InChI is InChI=1S/C27H32N4O5/c1-4-34-27(33)30-11-9-29(10-12-30)16-26(32)31-23(20-7-8-24-25(14-20)36-17-35-24)15-22(28-31)21-13-18(2)5-6-19(21)3/h5-8,13-14,23H,4,9-12,15-17H2,1-3H3. The van der Waals surface area contributed by atoms with Gasteiger partial charge in [-0.25, -0.2) is 9.80 Å². The van der Waals surface area contributed by atoms with Gasteiger partial charge in [-0.05, 0) is 50.1 Å². The van der Waals surface area contributed by atoms with Gasteiger partial charge in [0.15, 0.2) is 11.5 Å². The first kappa shape index (κ1) is 24.1. The summed E-state index contributed by atoms with van der Waals surface area (Å²) in [6.07, 6.45) is 0.320. The number of hydrogen-bond donors (Lipinski definition) is 0. The van der Waals surface area contributed by atoms with Crippen molar-refractivity contribution in [2.24, 2.45) is 5.10 Å². The van der Waals surface area contributed by atoms with Gasteiger partial charge >= 0.3 is 6.09 Å². The fourth-order valence-corrected chi connectivity index (χ4v) is 4.90. The molecule has 2 aromatic rings. The summed E-state index contributed by atoms with van der Waals surface area (Å²) < 4.78 is 16.2. The van der Waals surface area contributed by atoms with Crippen LogP contribution in [0, 0.1) is 13.8 Å². The lowest BCUT2D eigenvalue weighted by Gasteiger charge is -2.34. The number of benzene rings is 2. The van der Waals surface area contributed by atoms with Gasteiger partial charge in [0.1, 0.15) is 0 Å². The summed E-state index contributed by atoms with van der Waals surface area (Å²) >= 11 is 0. The first-order valence-electron chi connectivity index (χ1n) is 12.4. The van der Waals surface area contributed by atoms with E-state index in [-0.39, 0.29) is 31.4 Å². The first-order chi connectivity index (χ1) is 17.4. The second kappa shape index (κ2) is 10.2. The number of ether oxygens (including phenoxy) is 3. The number of rotatable bonds is 5. The summed E-state index contributed by atoms with van der Waals surface area (Å²) in [5.74, 6) is 1.34. The first-order valence-corrected chi connectivity index (χ1v) is 12.4. The lowest BCUT2D eigenvalue weighted by Crippen LogP contribution is -2.51. The molecule has 0 spiro atoms. The highest BCUT2D eigenvalue weighted by Gasteiger charge is 2.35. The summed E-state index contributed by atoms with van der Waals surface area (Å²) in [6, 6.07) is 11.9. The highest BCUT2D eigenvalue weighted by atomic mass is 16.7. The Morgan fingerprint density at radius 2 is 1.81 bits per heavy atom. The number of aryl methyl sites for hydroxylation is 2. The van der Waals surface area contributed by atoms with Gasteiger partial charge in [0.25, 0.3) is 5.91 Å². The molecule has 0 N–H and O–H groups in total. The summed E-state index contributed by atoms with van der Waals surface area (Å²) in [5.41, 5.74) is 5.22. The minimum absolute atomic E-state index is 0.0671. The van der Waals surface area contributed by atoms with E-state index in [1.54, 1.807) is 16.8 Å². The van der Waals surface area contributed by atoms with Crippen LogP contribution in [0.4, 0.5) is 4.79 Å². The third kappa shape index (κ3) is 4.88. The normalized spacial score (nSPS) is 19.4. The zero-order valence-electron chi connectivity index (χ0n) is 21.0. The van der Waals surface area contributed by atoms with Crippen LogP contribution in [0.15, 0.2) is 41.5 Å². The van der Waals surface area contributed by atoms with Crippen molar-refractivity contribution in [3.63, 3.8) is 0 Å². The summed E-state index contributed by atoms with van der Waals surface area (Å²) in [5, 5.41) is 6.49. The van der Waals surface area contributed by atoms with Crippen LogP contribution in [0.5, 0.6) is 11.5 Å². The van der Waals surface area contributed by atoms with E-state index in [0.29, 0.717) is 50.7 Å². The molecule has 36 heavy (non-hydrogen) atoms. The Bertz CT molecular complexity index is 1190. The molecule has 5 rings (SSSR count). The van der Waals surface area contributed by atoms with Crippen LogP contribution in [0.25, 0.3) is 0 Å². The highest BCUT2D eigenvalue weighted by molar-refractivity contribution is 6.04. The van der Waals surface area contributed by atoms with Crippen molar-refractivity contribution in [2.45, 2.75) is 33.2 Å². The van der Waals surface area contributed by atoms with E-state index < -0.39 is 0 Å². The molecular formula is C27H32N4O5. The molecule has 1 atom stereocenters. The quantitative estimate of drug-likeness (QED) is 0.636. The zero-order chi connectivity index (χ0) is 25.2. The predicted molar refractivity (Wildman–Crippen MR) is 134 cm³/mol. The van der Waals surface area contributed by atoms with E-state index in [4.69, 9.17) is 19.3 Å². The molecule has 0 aromatic heterocycles. The summed E-state index contributed by atoms with van der Waals surface area (Å²) in [7, 11) is 0. The lowest BCUT2D eigenvalue weighted by molar-refractivity contribution is -0.134. The average Bonchev–Trinajstić information content (AvgIpc) is 3.53. The maximum absolute atomic E-state index is 13.6. The zero-order valence-corrected chi connectivity index (χ0v) is 21.0. The van der Waals surface area contributed by atoms with Crippen molar-refractivity contribution in [3.8, 4) is 11.5 Å². The predicted octanol–water partition coefficient (Wildman–Crippen LogP) is 3.48. The molecule has 190 valence electrons. The maximum Gasteiger partial charge on any atom is 0.409 e. The highest BCUT2D eigenvalue weighted by Crippen LogP contribution is 2.39. The maximum atomic E-state index is 13.6. The van der Waals surface area contributed by atoms with Crippen LogP contribution in [0.1, 0.15) is 41.6 Å². The fourth-order valence-electron chi connectivity index (χ4n) is 4.90. The molecule has 9 nitrogen and oxygen atoms in total. The molecule has 3 aliphatic rings.